The second-order valence-electron chi connectivity index (χ2n) is 11.4. The summed E-state index contributed by atoms with van der Waals surface area (Å²) in [7, 11) is -4.32. The van der Waals surface area contributed by atoms with Gasteiger partial charge in [0.1, 0.15) is 24.2 Å². The molecule has 0 heterocycles. The zero-order chi connectivity index (χ0) is 31.9. The monoisotopic (exact) mass is 619 g/mol. The van der Waals surface area contributed by atoms with E-state index >= 15 is 0 Å². The minimum Gasteiger partial charge on any atom is -0.350 e. The van der Waals surface area contributed by atoms with Gasteiger partial charge in [-0.1, -0.05) is 66.7 Å². The summed E-state index contributed by atoms with van der Waals surface area (Å²) in [6, 6.07) is 26.1. The Morgan fingerprint density at radius 2 is 1.36 bits per heavy atom. The van der Waals surface area contributed by atoms with Gasteiger partial charge in [0.05, 0.1) is 10.6 Å². The summed E-state index contributed by atoms with van der Waals surface area (Å²) >= 11 is 0. The number of anilines is 1. The first-order valence-electron chi connectivity index (χ1n) is 14.1. The van der Waals surface area contributed by atoms with Crippen LogP contribution in [-0.2, 0) is 32.6 Å². The Kier molecular flexibility index (Phi) is 10.2. The SMILES string of the molecule is CC(C)(C)NC(=O)C(Cc1ccccc1)N(Cc1ccccc1F)C(=O)CN(c1ccc(F)cc1)S(=O)(=O)c1ccccc1. The minimum atomic E-state index is -4.32. The van der Waals surface area contributed by atoms with Crippen LogP contribution in [0.15, 0.2) is 114 Å². The fraction of sp³-hybridized carbons (Fsp3) is 0.235. The lowest BCUT2D eigenvalue weighted by molar-refractivity contribution is -0.140. The summed E-state index contributed by atoms with van der Waals surface area (Å²) in [6.45, 7) is 4.37. The van der Waals surface area contributed by atoms with Crippen molar-refractivity contribution in [1.82, 2.24) is 10.2 Å². The third-order valence-corrected chi connectivity index (χ3v) is 8.58. The number of benzene rings is 4. The first-order chi connectivity index (χ1) is 20.8. The maximum Gasteiger partial charge on any atom is 0.264 e. The number of hydrogen-bond donors (Lipinski definition) is 1. The fourth-order valence-corrected chi connectivity index (χ4v) is 6.11. The van der Waals surface area contributed by atoms with E-state index in [-0.39, 0.29) is 29.1 Å². The van der Waals surface area contributed by atoms with Crippen molar-refractivity contribution in [2.24, 2.45) is 0 Å². The minimum absolute atomic E-state index is 0.0493. The number of nitrogens with one attached hydrogen (secondary N) is 1. The second kappa shape index (κ2) is 13.8. The molecule has 0 radical (unpaired) electrons. The maximum absolute atomic E-state index is 15.0. The average Bonchev–Trinajstić information content (AvgIpc) is 2.99. The number of rotatable bonds is 11. The Bertz CT molecular complexity index is 1680. The van der Waals surface area contributed by atoms with Crippen LogP contribution in [-0.4, -0.2) is 43.3 Å². The number of halogens is 2. The van der Waals surface area contributed by atoms with Crippen LogP contribution < -0.4 is 9.62 Å². The topological polar surface area (TPSA) is 86.8 Å². The third kappa shape index (κ3) is 8.29. The molecule has 0 fully saturated rings. The normalized spacial score (nSPS) is 12.3. The summed E-state index contributed by atoms with van der Waals surface area (Å²) < 4.78 is 57.5. The van der Waals surface area contributed by atoms with Crippen molar-refractivity contribution >= 4 is 27.5 Å². The predicted octanol–water partition coefficient (Wildman–Crippen LogP) is 5.71. The molecule has 0 aliphatic rings. The van der Waals surface area contributed by atoms with Gasteiger partial charge in [0, 0.05) is 24.1 Å². The lowest BCUT2D eigenvalue weighted by Gasteiger charge is -2.35. The molecule has 0 saturated carbocycles. The lowest BCUT2D eigenvalue weighted by atomic mass is 10.0. The van der Waals surface area contributed by atoms with Crippen LogP contribution in [0.4, 0.5) is 14.5 Å². The van der Waals surface area contributed by atoms with Crippen molar-refractivity contribution in [3.63, 3.8) is 0 Å². The van der Waals surface area contributed by atoms with Crippen LogP contribution in [0, 0.1) is 11.6 Å². The summed E-state index contributed by atoms with van der Waals surface area (Å²) in [5.41, 5.74) is 0.297. The molecular formula is C34H35F2N3O4S. The summed E-state index contributed by atoms with van der Waals surface area (Å²) in [6.07, 6.45) is 0.0882. The zero-order valence-corrected chi connectivity index (χ0v) is 25.6. The molecule has 44 heavy (non-hydrogen) atoms. The lowest BCUT2D eigenvalue weighted by Crippen LogP contribution is -2.56. The summed E-state index contributed by atoms with van der Waals surface area (Å²) in [5.74, 6) is -2.39. The molecule has 230 valence electrons. The summed E-state index contributed by atoms with van der Waals surface area (Å²) in [4.78, 5) is 29.3. The van der Waals surface area contributed by atoms with Crippen LogP contribution in [0.3, 0.4) is 0 Å². The number of carbonyl (C=O) groups excluding carboxylic acids is 2. The number of carbonyl (C=O) groups is 2. The molecule has 0 saturated heterocycles. The van der Waals surface area contributed by atoms with Gasteiger partial charge in [-0.3, -0.25) is 13.9 Å². The molecule has 7 nitrogen and oxygen atoms in total. The molecule has 1 unspecified atom stereocenters. The van der Waals surface area contributed by atoms with Crippen LogP contribution in [0.1, 0.15) is 31.9 Å². The molecule has 4 rings (SSSR count). The molecule has 0 spiro atoms. The first-order valence-corrected chi connectivity index (χ1v) is 15.5. The van der Waals surface area contributed by atoms with Crippen LogP contribution >= 0.6 is 0 Å². The Labute approximate surface area is 257 Å². The number of nitrogens with zero attached hydrogens (tertiary/aromatic N) is 2. The highest BCUT2D eigenvalue weighted by atomic mass is 32.2. The molecule has 0 aliphatic heterocycles. The fourth-order valence-electron chi connectivity index (χ4n) is 4.67. The molecule has 1 N–H and O–H groups in total. The third-order valence-electron chi connectivity index (χ3n) is 6.79. The Balaban J connectivity index is 1.82. The summed E-state index contributed by atoms with van der Waals surface area (Å²) in [5, 5.41) is 2.92. The van der Waals surface area contributed by atoms with E-state index in [1.165, 1.54) is 47.4 Å². The van der Waals surface area contributed by atoms with E-state index in [0.717, 1.165) is 22.0 Å². The van der Waals surface area contributed by atoms with Gasteiger partial charge in [-0.05, 0) is 68.8 Å². The van der Waals surface area contributed by atoms with E-state index in [9.17, 15) is 26.8 Å². The van der Waals surface area contributed by atoms with Gasteiger partial charge in [0.25, 0.3) is 10.0 Å². The molecular weight excluding hydrogens is 584 g/mol. The maximum atomic E-state index is 15.0. The van der Waals surface area contributed by atoms with Crippen LogP contribution in [0.2, 0.25) is 0 Å². The van der Waals surface area contributed by atoms with Crippen molar-refractivity contribution in [1.29, 1.82) is 0 Å². The van der Waals surface area contributed by atoms with Gasteiger partial charge in [0.15, 0.2) is 0 Å². The van der Waals surface area contributed by atoms with E-state index in [1.807, 2.05) is 18.2 Å². The van der Waals surface area contributed by atoms with E-state index in [1.54, 1.807) is 57.2 Å². The highest BCUT2D eigenvalue weighted by molar-refractivity contribution is 7.92. The van der Waals surface area contributed by atoms with E-state index in [0.29, 0.717) is 0 Å². The van der Waals surface area contributed by atoms with Gasteiger partial charge in [-0.2, -0.15) is 0 Å². The van der Waals surface area contributed by atoms with Crippen molar-refractivity contribution in [2.45, 2.75) is 50.2 Å². The predicted molar refractivity (Wildman–Crippen MR) is 166 cm³/mol. The molecule has 0 aromatic heterocycles. The second-order valence-corrected chi connectivity index (χ2v) is 13.2. The Morgan fingerprint density at radius 1 is 0.795 bits per heavy atom. The molecule has 0 bridgehead atoms. The van der Waals surface area contributed by atoms with E-state index in [2.05, 4.69) is 5.32 Å². The van der Waals surface area contributed by atoms with Crippen molar-refractivity contribution in [2.75, 3.05) is 10.8 Å². The quantitative estimate of drug-likeness (QED) is 0.233. The van der Waals surface area contributed by atoms with Crippen LogP contribution in [0.25, 0.3) is 0 Å². The highest BCUT2D eigenvalue weighted by Crippen LogP contribution is 2.26. The van der Waals surface area contributed by atoms with Crippen molar-refractivity contribution < 1.29 is 26.8 Å². The standard InChI is InChI=1S/C34H35F2N3O4S/c1-34(2,3)37-33(41)31(22-25-12-6-4-7-13-25)38(23-26-14-10-11-17-30(26)36)32(40)24-39(28-20-18-27(35)19-21-28)44(42,43)29-15-8-5-9-16-29/h4-21,31H,22-24H2,1-3H3,(H,37,41). The molecule has 4 aromatic carbocycles. The number of hydrogen-bond acceptors (Lipinski definition) is 4. The van der Waals surface area contributed by atoms with Crippen LogP contribution in [0.5, 0.6) is 0 Å². The van der Waals surface area contributed by atoms with Gasteiger partial charge >= 0.3 is 0 Å². The molecule has 1 atom stereocenters. The molecule has 0 aliphatic carbocycles. The first kappa shape index (κ1) is 32.3. The molecule has 2 amide bonds. The van der Waals surface area contributed by atoms with Gasteiger partial charge in [0.2, 0.25) is 11.8 Å². The highest BCUT2D eigenvalue weighted by Gasteiger charge is 2.36. The van der Waals surface area contributed by atoms with Crippen molar-refractivity contribution in [3.8, 4) is 0 Å². The van der Waals surface area contributed by atoms with Crippen molar-refractivity contribution in [3.05, 3.63) is 132 Å². The largest absolute Gasteiger partial charge is 0.350 e. The van der Waals surface area contributed by atoms with Gasteiger partial charge in [-0.15, -0.1) is 0 Å². The zero-order valence-electron chi connectivity index (χ0n) is 24.8. The average molecular weight is 620 g/mol. The smallest absolute Gasteiger partial charge is 0.264 e. The Morgan fingerprint density at radius 3 is 1.95 bits per heavy atom. The molecule has 10 heteroatoms. The number of amides is 2. The van der Waals surface area contributed by atoms with Gasteiger partial charge < -0.3 is 10.2 Å². The molecule has 4 aromatic rings. The number of sulfonamides is 1. The Hall–Kier alpha value is -4.57. The van der Waals surface area contributed by atoms with E-state index in [4.69, 9.17) is 0 Å². The van der Waals surface area contributed by atoms with Gasteiger partial charge in [-0.25, -0.2) is 17.2 Å². The van der Waals surface area contributed by atoms with E-state index < -0.39 is 51.6 Å².